The third-order valence-electron chi connectivity index (χ3n) is 3.19. The van der Waals surface area contributed by atoms with Crippen molar-refractivity contribution in [1.82, 2.24) is 0 Å². The van der Waals surface area contributed by atoms with Gasteiger partial charge >= 0.3 is 5.97 Å². The highest BCUT2D eigenvalue weighted by Crippen LogP contribution is 2.09. The molecular weight excluding hydrogens is 236 g/mol. The molecule has 0 atom stereocenters. The van der Waals surface area contributed by atoms with Crippen LogP contribution in [0.3, 0.4) is 0 Å². The van der Waals surface area contributed by atoms with Crippen LogP contribution >= 0.6 is 0 Å². The van der Waals surface area contributed by atoms with Crippen LogP contribution in [0, 0.1) is 6.92 Å². The molecule has 1 rings (SSSR count). The van der Waals surface area contributed by atoms with Gasteiger partial charge in [-0.1, -0.05) is 43.2 Å². The molecule has 0 radical (unpaired) electrons. The van der Waals surface area contributed by atoms with Crippen molar-refractivity contribution in [3.63, 3.8) is 0 Å². The topological polar surface area (TPSA) is 26.3 Å². The van der Waals surface area contributed by atoms with Gasteiger partial charge in [0.25, 0.3) is 0 Å². The van der Waals surface area contributed by atoms with Gasteiger partial charge in [0.05, 0.1) is 6.61 Å². The van der Waals surface area contributed by atoms with Crippen LogP contribution in [0.25, 0.3) is 0 Å². The van der Waals surface area contributed by atoms with Crippen LogP contribution in [0.1, 0.15) is 56.6 Å². The van der Waals surface area contributed by atoms with E-state index in [0.717, 1.165) is 38.5 Å². The van der Waals surface area contributed by atoms with Gasteiger partial charge in [-0.15, -0.1) is 0 Å². The van der Waals surface area contributed by atoms with E-state index < -0.39 is 0 Å². The Morgan fingerprint density at radius 2 is 2.00 bits per heavy atom. The molecule has 0 saturated heterocycles. The summed E-state index contributed by atoms with van der Waals surface area (Å²) in [6.45, 7) is 4.79. The highest BCUT2D eigenvalue weighted by Gasteiger charge is 2.01. The van der Waals surface area contributed by atoms with E-state index in [1.165, 1.54) is 11.1 Å². The van der Waals surface area contributed by atoms with Gasteiger partial charge < -0.3 is 4.74 Å². The average Bonchev–Trinajstić information content (AvgIpc) is 2.40. The molecule has 2 nitrogen and oxygen atoms in total. The molecule has 1 aromatic rings. The second kappa shape index (κ2) is 9.60. The summed E-state index contributed by atoms with van der Waals surface area (Å²) < 4.78 is 5.18. The van der Waals surface area contributed by atoms with Crippen LogP contribution in [0.2, 0.25) is 0 Å². The summed E-state index contributed by atoms with van der Waals surface area (Å²) in [5, 5.41) is 0. The first-order chi connectivity index (χ1) is 9.22. The predicted octanol–water partition coefficient (Wildman–Crippen LogP) is 4.44. The number of aryl methyl sites for hydroxylation is 2. The fourth-order valence-corrected chi connectivity index (χ4v) is 2.05. The van der Waals surface area contributed by atoms with Gasteiger partial charge in [0.1, 0.15) is 0 Å². The molecule has 0 bridgehead atoms. The molecule has 0 aliphatic heterocycles. The lowest BCUT2D eigenvalue weighted by Crippen LogP contribution is -2.05. The van der Waals surface area contributed by atoms with Crippen LogP contribution < -0.4 is 0 Å². The quantitative estimate of drug-likeness (QED) is 0.486. The molecule has 0 aliphatic rings. The number of unbranched alkanes of at least 4 members (excludes halogenated alkanes) is 3. The SMILES string of the molecule is CCCCC(=O)OCCCCCc1cccc(C)c1. The van der Waals surface area contributed by atoms with Crippen molar-refractivity contribution in [3.05, 3.63) is 35.4 Å². The molecule has 19 heavy (non-hydrogen) atoms. The third-order valence-corrected chi connectivity index (χ3v) is 3.19. The van der Waals surface area contributed by atoms with Gasteiger partial charge in [0.2, 0.25) is 0 Å². The Labute approximate surface area is 117 Å². The fraction of sp³-hybridized carbons (Fsp3) is 0.588. The molecule has 0 spiro atoms. The van der Waals surface area contributed by atoms with Gasteiger partial charge in [0.15, 0.2) is 0 Å². The number of benzene rings is 1. The smallest absolute Gasteiger partial charge is 0.305 e. The Balaban J connectivity index is 2.01. The minimum atomic E-state index is -0.0412. The van der Waals surface area contributed by atoms with E-state index in [1.807, 2.05) is 0 Å². The lowest BCUT2D eigenvalue weighted by atomic mass is 10.1. The van der Waals surface area contributed by atoms with Gasteiger partial charge in [-0.2, -0.15) is 0 Å². The second-order valence-corrected chi connectivity index (χ2v) is 5.12. The van der Waals surface area contributed by atoms with Crippen LogP contribution in [-0.2, 0) is 16.0 Å². The molecule has 1 aromatic carbocycles. The largest absolute Gasteiger partial charge is 0.466 e. The van der Waals surface area contributed by atoms with Crippen LogP contribution in [0.4, 0.5) is 0 Å². The molecule has 0 fully saturated rings. The first-order valence-electron chi connectivity index (χ1n) is 7.43. The normalized spacial score (nSPS) is 10.4. The van der Waals surface area contributed by atoms with Crippen molar-refractivity contribution in [3.8, 4) is 0 Å². The van der Waals surface area contributed by atoms with Crippen molar-refractivity contribution in [1.29, 1.82) is 0 Å². The van der Waals surface area contributed by atoms with Crippen molar-refractivity contribution in [2.75, 3.05) is 6.61 Å². The van der Waals surface area contributed by atoms with E-state index in [2.05, 4.69) is 38.1 Å². The lowest BCUT2D eigenvalue weighted by molar-refractivity contribution is -0.143. The highest BCUT2D eigenvalue weighted by molar-refractivity contribution is 5.69. The minimum absolute atomic E-state index is 0.0412. The Bertz CT molecular complexity index is 371. The summed E-state index contributed by atoms with van der Waals surface area (Å²) in [5.74, 6) is -0.0412. The van der Waals surface area contributed by atoms with E-state index >= 15 is 0 Å². The number of hydrogen-bond donors (Lipinski definition) is 0. The minimum Gasteiger partial charge on any atom is -0.466 e. The van der Waals surface area contributed by atoms with E-state index in [1.54, 1.807) is 0 Å². The number of hydrogen-bond acceptors (Lipinski definition) is 2. The van der Waals surface area contributed by atoms with Gasteiger partial charge in [-0.3, -0.25) is 4.79 Å². The first-order valence-corrected chi connectivity index (χ1v) is 7.43. The average molecular weight is 262 g/mol. The number of carbonyl (C=O) groups is 1. The van der Waals surface area contributed by atoms with Gasteiger partial charge in [-0.05, 0) is 44.6 Å². The van der Waals surface area contributed by atoms with E-state index in [9.17, 15) is 4.79 Å². The van der Waals surface area contributed by atoms with Crippen LogP contribution in [-0.4, -0.2) is 12.6 Å². The van der Waals surface area contributed by atoms with Gasteiger partial charge in [0, 0.05) is 6.42 Å². The third kappa shape index (κ3) is 7.66. The molecule has 106 valence electrons. The maximum atomic E-state index is 11.3. The Kier molecular flexibility index (Phi) is 7.95. The zero-order valence-electron chi connectivity index (χ0n) is 12.3. The molecule has 0 N–H and O–H groups in total. The molecular formula is C17H26O2. The Morgan fingerprint density at radius 3 is 2.74 bits per heavy atom. The lowest BCUT2D eigenvalue weighted by Gasteiger charge is -2.05. The summed E-state index contributed by atoms with van der Waals surface area (Å²) >= 11 is 0. The molecule has 2 heteroatoms. The zero-order chi connectivity index (χ0) is 13.9. The van der Waals surface area contributed by atoms with Crippen LogP contribution in [0.5, 0.6) is 0 Å². The van der Waals surface area contributed by atoms with Crippen molar-refractivity contribution >= 4 is 5.97 Å². The number of esters is 1. The number of carbonyl (C=O) groups excluding carboxylic acids is 1. The number of ether oxygens (including phenoxy) is 1. The van der Waals surface area contributed by atoms with E-state index in [4.69, 9.17) is 4.74 Å². The van der Waals surface area contributed by atoms with Crippen molar-refractivity contribution < 1.29 is 9.53 Å². The molecule has 0 aromatic heterocycles. The van der Waals surface area contributed by atoms with E-state index in [-0.39, 0.29) is 5.97 Å². The molecule has 0 unspecified atom stereocenters. The maximum absolute atomic E-state index is 11.3. The zero-order valence-corrected chi connectivity index (χ0v) is 12.3. The fourth-order valence-electron chi connectivity index (χ4n) is 2.05. The summed E-state index contributed by atoms with van der Waals surface area (Å²) in [6, 6.07) is 8.65. The Hall–Kier alpha value is -1.31. The Morgan fingerprint density at radius 1 is 1.16 bits per heavy atom. The number of rotatable bonds is 9. The van der Waals surface area contributed by atoms with Crippen molar-refractivity contribution in [2.24, 2.45) is 0 Å². The second-order valence-electron chi connectivity index (χ2n) is 5.12. The standard InChI is InChI=1S/C17H26O2/c1-3-4-12-17(18)19-13-7-5-6-10-16-11-8-9-15(2)14-16/h8-9,11,14H,3-7,10,12-13H2,1-2H3. The highest BCUT2D eigenvalue weighted by atomic mass is 16.5. The first kappa shape index (κ1) is 15.7. The summed E-state index contributed by atoms with van der Waals surface area (Å²) in [6.07, 6.45) is 6.93. The molecule has 0 aliphatic carbocycles. The molecule has 0 amide bonds. The molecule has 0 saturated carbocycles. The van der Waals surface area contributed by atoms with E-state index in [0.29, 0.717) is 13.0 Å². The van der Waals surface area contributed by atoms with Gasteiger partial charge in [-0.25, -0.2) is 0 Å². The predicted molar refractivity (Wildman–Crippen MR) is 79.2 cm³/mol. The molecule has 0 heterocycles. The summed E-state index contributed by atoms with van der Waals surface area (Å²) in [7, 11) is 0. The van der Waals surface area contributed by atoms with Crippen LogP contribution in [0.15, 0.2) is 24.3 Å². The maximum Gasteiger partial charge on any atom is 0.305 e. The monoisotopic (exact) mass is 262 g/mol. The summed E-state index contributed by atoms with van der Waals surface area (Å²) in [5.41, 5.74) is 2.72. The van der Waals surface area contributed by atoms with Crippen molar-refractivity contribution in [2.45, 2.75) is 58.8 Å². The summed E-state index contributed by atoms with van der Waals surface area (Å²) in [4.78, 5) is 11.3.